The Bertz CT molecular complexity index is 3020. The van der Waals surface area contributed by atoms with E-state index in [2.05, 4.69) is 46.2 Å². The van der Waals surface area contributed by atoms with Crippen molar-refractivity contribution >= 4 is 58.0 Å². The Morgan fingerprint density at radius 3 is 1.87 bits per heavy atom. The third kappa shape index (κ3) is 12.4. The lowest BCUT2D eigenvalue weighted by Gasteiger charge is -2.32. The molecule has 408 valence electrons. The van der Waals surface area contributed by atoms with Crippen molar-refractivity contribution in [1.29, 1.82) is 5.26 Å². The molecule has 3 fully saturated rings. The van der Waals surface area contributed by atoms with E-state index in [1.165, 1.54) is 28.3 Å². The maximum absolute atomic E-state index is 15.2. The Morgan fingerprint density at radius 2 is 1.30 bits per heavy atom. The van der Waals surface area contributed by atoms with Crippen LogP contribution in [0.25, 0.3) is 11.1 Å². The fraction of sp³-hybridized carbons (Fsp3) is 0.472. The Kier molecular flexibility index (Phi) is 17.5. The van der Waals surface area contributed by atoms with E-state index in [1.54, 1.807) is 36.9 Å². The van der Waals surface area contributed by atoms with E-state index >= 15 is 4.39 Å². The van der Waals surface area contributed by atoms with Crippen molar-refractivity contribution in [3.8, 4) is 17.2 Å². The van der Waals surface area contributed by atoms with Gasteiger partial charge in [-0.1, -0.05) is 6.07 Å². The molecule has 0 aromatic carbocycles. The van der Waals surface area contributed by atoms with Crippen LogP contribution in [0, 0.1) is 28.8 Å². The van der Waals surface area contributed by atoms with E-state index in [1.807, 2.05) is 33.8 Å². The quantitative estimate of drug-likeness (QED) is 0.116. The van der Waals surface area contributed by atoms with Gasteiger partial charge in [0.1, 0.15) is 41.0 Å². The van der Waals surface area contributed by atoms with Crippen molar-refractivity contribution in [1.82, 2.24) is 24.9 Å². The number of nitrogens with two attached hydrogens (primary N) is 2. The van der Waals surface area contributed by atoms with E-state index < -0.39 is 42.0 Å². The van der Waals surface area contributed by atoms with Crippen molar-refractivity contribution in [3.63, 3.8) is 0 Å². The van der Waals surface area contributed by atoms with Gasteiger partial charge in [0, 0.05) is 153 Å². The number of pyridine rings is 5. The molecule has 0 bridgehead atoms. The molecule has 24 heteroatoms. The van der Waals surface area contributed by atoms with E-state index in [0.717, 1.165) is 41.8 Å². The van der Waals surface area contributed by atoms with Crippen molar-refractivity contribution in [2.75, 3.05) is 61.2 Å². The molecule has 6 aliphatic heterocycles. The second kappa shape index (κ2) is 23.7. The summed E-state index contributed by atoms with van der Waals surface area (Å²) in [5.41, 5.74) is 12.4. The molecular weight excluding hydrogens is 1070 g/mol. The third-order valence-corrected chi connectivity index (χ3v) is 15.7. The number of nitriles is 1. The zero-order valence-electron chi connectivity index (χ0n) is 43.4. The molecule has 19 nitrogen and oxygen atoms in total. The molecule has 3 saturated heterocycles. The molecule has 0 unspecified atom stereocenters. The molecule has 5 aromatic heterocycles. The molecular formula is C53H62BBrF3N11O8. The Labute approximate surface area is 453 Å². The predicted molar refractivity (Wildman–Crippen MR) is 283 cm³/mol. The topological polar surface area (TPSA) is 270 Å². The first-order chi connectivity index (χ1) is 36.7. The number of nitrogens with one attached hydrogen (secondary N) is 1. The minimum atomic E-state index is -1.03. The SMILES string of the molecule is CC1(C)OB(c2cncc(C3(O)CCOCC3)c2)OC1(C)C.Fc1ccnc2c1CCCN2.N#Cc1nc2c(c(F)c1Br)CCCN2C(N)=O.NC(=O)N1CCCc2c1ncc(-c1cncc(C3(O)CCOCC3)c1)c2F. The smallest absolute Gasteiger partial charge is 0.399 e. The summed E-state index contributed by atoms with van der Waals surface area (Å²) in [5, 5.41) is 33.6. The third-order valence-electron chi connectivity index (χ3n) is 15.0. The molecule has 0 aliphatic carbocycles. The molecule has 4 amide bonds. The number of fused-ring (bicyclic) bond motifs is 3. The van der Waals surface area contributed by atoms with Crippen LogP contribution in [-0.2, 0) is 49.2 Å². The summed E-state index contributed by atoms with van der Waals surface area (Å²) in [6.45, 7) is 11.9. The number of amides is 4. The number of primary amides is 2. The molecule has 0 spiro atoms. The standard InChI is InChI=1S/C19H21FN4O3.C16H24BNO4.C10H8BrFN4O.C8H9FN2/c20-16-14-2-1-5-24(18(21)25)17(14)23-11-15(16)12-8-13(10-22-9-12)19(26)3-6-27-7-4-19;1-14(2)15(3,4)22-17(21-14)13-9-12(10-18-11-13)16(19)5-7-20-8-6-16;11-7-6(4-13)15-9-5(8(7)12)2-1-3-16(9)10(14)17;9-7-3-5-11-8-6(7)2-1-4-10-8/h8-11,26H,1-7H2,(H2,21,25);9-11,19H,5-8H2,1-4H3;1-3H2,(H2,14,17);3,5H,1-2,4H2,(H,10,11). The van der Waals surface area contributed by atoms with Crippen LogP contribution in [0.4, 0.5) is 40.2 Å². The summed E-state index contributed by atoms with van der Waals surface area (Å²) in [6.07, 6.45) is 15.6. The number of aromatic nitrogens is 5. The van der Waals surface area contributed by atoms with Gasteiger partial charge >= 0.3 is 19.2 Å². The van der Waals surface area contributed by atoms with Crippen LogP contribution in [0.3, 0.4) is 0 Å². The first kappa shape index (κ1) is 56.9. The Morgan fingerprint density at radius 1 is 0.753 bits per heavy atom. The number of aliphatic hydroxyl groups is 2. The normalized spacial score (nSPS) is 19.4. The molecule has 11 rings (SSSR count). The number of urea groups is 2. The molecule has 0 atom stereocenters. The fourth-order valence-electron chi connectivity index (χ4n) is 9.71. The van der Waals surface area contributed by atoms with Crippen LogP contribution in [0.1, 0.15) is 106 Å². The van der Waals surface area contributed by atoms with Gasteiger partial charge in [0.25, 0.3) is 0 Å². The number of ether oxygens (including phenoxy) is 2. The first-order valence-corrected chi connectivity index (χ1v) is 26.3. The van der Waals surface area contributed by atoms with Gasteiger partial charge in [-0.3, -0.25) is 19.8 Å². The molecule has 11 heterocycles. The highest BCUT2D eigenvalue weighted by Crippen LogP contribution is 2.39. The summed E-state index contributed by atoms with van der Waals surface area (Å²) >= 11 is 2.98. The van der Waals surface area contributed by atoms with Crippen LogP contribution < -0.4 is 32.0 Å². The number of carbonyl (C=O) groups excluding carboxylic acids is 2. The van der Waals surface area contributed by atoms with E-state index in [9.17, 15) is 28.6 Å². The van der Waals surface area contributed by atoms with Gasteiger partial charge in [-0.25, -0.2) is 37.7 Å². The molecule has 7 N–H and O–H groups in total. The van der Waals surface area contributed by atoms with Gasteiger partial charge < -0.3 is 45.8 Å². The van der Waals surface area contributed by atoms with E-state index in [-0.39, 0.29) is 38.8 Å². The first-order valence-electron chi connectivity index (χ1n) is 25.5. The maximum Gasteiger partial charge on any atom is 0.496 e. The molecule has 0 saturated carbocycles. The summed E-state index contributed by atoms with van der Waals surface area (Å²) in [4.78, 5) is 46.0. The van der Waals surface area contributed by atoms with Crippen LogP contribution in [-0.4, -0.2) is 112 Å². The molecule has 77 heavy (non-hydrogen) atoms. The van der Waals surface area contributed by atoms with Gasteiger partial charge in [-0.15, -0.1) is 0 Å². The van der Waals surface area contributed by atoms with E-state index in [4.69, 9.17) is 35.5 Å². The number of carbonyl (C=O) groups is 2. The number of halogens is 4. The number of hydrogen-bond acceptors (Lipinski definition) is 15. The lowest BCUT2D eigenvalue weighted by atomic mass is 9.77. The average molecular weight is 1130 g/mol. The molecule has 0 radical (unpaired) electrons. The number of anilines is 3. The van der Waals surface area contributed by atoms with Gasteiger partial charge in [-0.05, 0) is 94.3 Å². The van der Waals surface area contributed by atoms with Crippen LogP contribution in [0.5, 0.6) is 0 Å². The van der Waals surface area contributed by atoms with Crippen molar-refractivity contribution in [2.24, 2.45) is 11.5 Å². The van der Waals surface area contributed by atoms with Crippen molar-refractivity contribution in [2.45, 2.75) is 114 Å². The fourth-order valence-corrected chi connectivity index (χ4v) is 10.1. The Balaban J connectivity index is 0.000000142. The van der Waals surface area contributed by atoms with Crippen LogP contribution in [0.15, 0.2) is 59.9 Å². The van der Waals surface area contributed by atoms with Crippen molar-refractivity contribution < 1.29 is 51.8 Å². The highest BCUT2D eigenvalue weighted by Gasteiger charge is 2.52. The predicted octanol–water partition coefficient (Wildman–Crippen LogP) is 6.76. The second-order valence-electron chi connectivity index (χ2n) is 20.5. The van der Waals surface area contributed by atoms with Crippen LogP contribution in [0.2, 0.25) is 0 Å². The second-order valence-corrected chi connectivity index (χ2v) is 21.3. The summed E-state index contributed by atoms with van der Waals surface area (Å²) < 4.78 is 65.0. The monoisotopic (exact) mass is 1130 g/mol. The zero-order chi connectivity index (χ0) is 55.3. The Hall–Kier alpha value is -6.33. The van der Waals surface area contributed by atoms with Crippen molar-refractivity contribution in [3.05, 3.63) is 111 Å². The minimum Gasteiger partial charge on any atom is -0.399 e. The highest BCUT2D eigenvalue weighted by molar-refractivity contribution is 9.10. The average Bonchev–Trinajstić information content (AvgIpc) is 3.66. The molecule has 5 aromatic rings. The van der Waals surface area contributed by atoms with Gasteiger partial charge in [-0.2, -0.15) is 5.26 Å². The maximum atomic E-state index is 15.2. The molecule has 6 aliphatic rings. The zero-order valence-corrected chi connectivity index (χ0v) is 45.0. The summed E-state index contributed by atoms with van der Waals surface area (Å²) in [6, 6.07) is 5.54. The number of nitrogens with zero attached hydrogens (tertiary/aromatic N) is 8. The highest BCUT2D eigenvalue weighted by atomic mass is 79.9. The number of rotatable bonds is 4. The minimum absolute atomic E-state index is 0.0325. The van der Waals surface area contributed by atoms with Gasteiger partial charge in [0.2, 0.25) is 0 Å². The number of hydrogen-bond donors (Lipinski definition) is 5. The largest absolute Gasteiger partial charge is 0.496 e. The summed E-state index contributed by atoms with van der Waals surface area (Å²) in [7, 11) is -0.458. The lowest BCUT2D eigenvalue weighted by Crippen LogP contribution is -2.41. The van der Waals surface area contributed by atoms with Crippen LogP contribution >= 0.6 is 15.9 Å². The van der Waals surface area contributed by atoms with E-state index in [0.29, 0.717) is 119 Å². The van der Waals surface area contributed by atoms with Gasteiger partial charge in [0.05, 0.1) is 26.9 Å². The lowest BCUT2D eigenvalue weighted by molar-refractivity contribution is -0.0684. The van der Waals surface area contributed by atoms with Gasteiger partial charge in [0.15, 0.2) is 5.69 Å². The summed E-state index contributed by atoms with van der Waals surface area (Å²) in [5.74, 6) is 0.0444.